The van der Waals surface area contributed by atoms with E-state index in [1.54, 1.807) is 0 Å². The number of aliphatic carboxylic acids is 1. The highest BCUT2D eigenvalue weighted by Crippen LogP contribution is 2.04. The lowest BCUT2D eigenvalue weighted by Crippen LogP contribution is -2.26. The number of nitrogens with one attached hydrogen (secondary N) is 2. The zero-order valence-electron chi connectivity index (χ0n) is 7.29. The van der Waals surface area contributed by atoms with Crippen LogP contribution in [0.1, 0.15) is 5.69 Å². The van der Waals surface area contributed by atoms with Gasteiger partial charge in [-0.05, 0) is 6.92 Å². The first-order valence-electron chi connectivity index (χ1n) is 3.68. The zero-order valence-corrected chi connectivity index (χ0v) is 7.29. The smallest absolute Gasteiger partial charge is 0.341 e. The van der Waals surface area contributed by atoms with E-state index in [1.165, 1.54) is 6.92 Å². The van der Waals surface area contributed by atoms with Crippen molar-refractivity contribution in [2.45, 2.75) is 6.92 Å². The molecule has 7 nitrogen and oxygen atoms in total. The Morgan fingerprint density at radius 2 is 2.07 bits per heavy atom. The third kappa shape index (κ3) is 2.22. The Labute approximate surface area is 77.4 Å². The van der Waals surface area contributed by atoms with E-state index in [0.717, 1.165) is 0 Å². The first-order valence-corrected chi connectivity index (χ1v) is 3.68. The van der Waals surface area contributed by atoms with Crippen molar-refractivity contribution in [1.82, 2.24) is 9.97 Å². The highest BCUT2D eigenvalue weighted by Gasteiger charge is 2.08. The number of aryl methyl sites for hydroxylation is 1. The number of aromatic nitrogens is 2. The molecule has 0 saturated carbocycles. The Kier molecular flexibility index (Phi) is 2.70. The van der Waals surface area contributed by atoms with Crippen molar-refractivity contribution in [3.8, 4) is 5.75 Å². The van der Waals surface area contributed by atoms with E-state index >= 15 is 0 Å². The first-order chi connectivity index (χ1) is 6.50. The van der Waals surface area contributed by atoms with Crippen molar-refractivity contribution >= 4 is 5.97 Å². The van der Waals surface area contributed by atoms with Crippen molar-refractivity contribution in [2.75, 3.05) is 6.61 Å². The summed E-state index contributed by atoms with van der Waals surface area (Å²) in [5, 5.41) is 8.30. The van der Waals surface area contributed by atoms with Crippen LogP contribution in [0.3, 0.4) is 0 Å². The lowest BCUT2D eigenvalue weighted by Gasteiger charge is -2.03. The maximum atomic E-state index is 11.1. The van der Waals surface area contributed by atoms with Gasteiger partial charge in [0, 0.05) is 0 Å². The predicted octanol–water partition coefficient (Wildman–Crippen LogP) is -1.16. The van der Waals surface area contributed by atoms with Crippen molar-refractivity contribution in [3.05, 3.63) is 26.5 Å². The number of ether oxygens (including phenoxy) is 1. The van der Waals surface area contributed by atoms with Gasteiger partial charge in [0.1, 0.15) is 0 Å². The Balaban J connectivity index is 3.03. The standard InChI is InChI=1S/C7H8N2O5/c1-3-5(14-2-4(10)11)6(12)9-7(13)8-3/h2H2,1H3,(H,10,11)(H2,8,9,12,13). The molecule has 0 unspecified atom stereocenters. The van der Waals surface area contributed by atoms with Crippen LogP contribution in [-0.4, -0.2) is 27.7 Å². The van der Waals surface area contributed by atoms with E-state index in [9.17, 15) is 14.4 Å². The molecule has 0 amide bonds. The third-order valence-corrected chi connectivity index (χ3v) is 1.41. The van der Waals surface area contributed by atoms with Gasteiger partial charge in [0.15, 0.2) is 6.61 Å². The second kappa shape index (κ2) is 3.77. The monoisotopic (exact) mass is 200 g/mol. The average Bonchev–Trinajstić information content (AvgIpc) is 2.01. The molecule has 1 aromatic heterocycles. The molecule has 0 aliphatic rings. The van der Waals surface area contributed by atoms with Gasteiger partial charge in [0.05, 0.1) is 5.69 Å². The number of carboxylic acids is 1. The summed E-state index contributed by atoms with van der Waals surface area (Å²) in [6, 6.07) is 0. The summed E-state index contributed by atoms with van der Waals surface area (Å²) in [7, 11) is 0. The fourth-order valence-corrected chi connectivity index (χ4v) is 0.896. The van der Waals surface area contributed by atoms with E-state index in [2.05, 4.69) is 9.72 Å². The molecule has 0 atom stereocenters. The average molecular weight is 200 g/mol. The molecule has 0 spiro atoms. The largest absolute Gasteiger partial charge is 0.479 e. The number of aromatic amines is 2. The highest BCUT2D eigenvalue weighted by molar-refractivity contribution is 5.68. The number of carbonyl (C=O) groups is 1. The molecular formula is C7H8N2O5. The van der Waals surface area contributed by atoms with Gasteiger partial charge in [0.2, 0.25) is 5.75 Å². The Hall–Kier alpha value is -2.05. The van der Waals surface area contributed by atoms with E-state index in [4.69, 9.17) is 5.11 Å². The van der Waals surface area contributed by atoms with Gasteiger partial charge in [-0.3, -0.25) is 9.78 Å². The van der Waals surface area contributed by atoms with Crippen LogP contribution in [0, 0.1) is 6.92 Å². The normalized spacial score (nSPS) is 9.79. The van der Waals surface area contributed by atoms with Gasteiger partial charge in [-0.15, -0.1) is 0 Å². The molecule has 1 aromatic rings. The number of rotatable bonds is 3. The van der Waals surface area contributed by atoms with E-state index in [0.29, 0.717) is 0 Å². The van der Waals surface area contributed by atoms with Gasteiger partial charge in [-0.2, -0.15) is 0 Å². The fraction of sp³-hybridized carbons (Fsp3) is 0.286. The van der Waals surface area contributed by atoms with Crippen molar-refractivity contribution in [2.24, 2.45) is 0 Å². The van der Waals surface area contributed by atoms with Gasteiger partial charge < -0.3 is 14.8 Å². The SMILES string of the molecule is Cc1[nH]c(=O)[nH]c(=O)c1OCC(=O)O. The second-order valence-corrected chi connectivity index (χ2v) is 2.54. The van der Waals surface area contributed by atoms with E-state index in [-0.39, 0.29) is 11.4 Å². The third-order valence-electron chi connectivity index (χ3n) is 1.41. The van der Waals surface area contributed by atoms with Crippen LogP contribution in [0.25, 0.3) is 0 Å². The molecule has 1 heterocycles. The molecule has 0 aromatic carbocycles. The quantitative estimate of drug-likeness (QED) is 0.569. The minimum Gasteiger partial charge on any atom is -0.479 e. The molecule has 0 aliphatic carbocycles. The maximum Gasteiger partial charge on any atom is 0.341 e. The summed E-state index contributed by atoms with van der Waals surface area (Å²) in [4.78, 5) is 36.1. The van der Waals surface area contributed by atoms with Crippen LogP contribution < -0.4 is 16.0 Å². The summed E-state index contributed by atoms with van der Waals surface area (Å²) in [6.45, 7) is 0.809. The molecular weight excluding hydrogens is 192 g/mol. The molecule has 0 radical (unpaired) electrons. The topological polar surface area (TPSA) is 112 Å². The van der Waals surface area contributed by atoms with Crippen LogP contribution >= 0.6 is 0 Å². The summed E-state index contributed by atoms with van der Waals surface area (Å²) in [5.41, 5.74) is -1.21. The summed E-state index contributed by atoms with van der Waals surface area (Å²) in [5.74, 6) is -1.39. The molecule has 14 heavy (non-hydrogen) atoms. The van der Waals surface area contributed by atoms with E-state index < -0.39 is 23.8 Å². The Bertz CT molecular complexity index is 458. The maximum absolute atomic E-state index is 11.1. The number of hydrogen-bond donors (Lipinski definition) is 3. The van der Waals surface area contributed by atoms with Gasteiger partial charge in [0.25, 0.3) is 5.56 Å². The Morgan fingerprint density at radius 1 is 1.43 bits per heavy atom. The lowest BCUT2D eigenvalue weighted by molar-refractivity contribution is -0.139. The molecule has 0 saturated heterocycles. The molecule has 0 bridgehead atoms. The summed E-state index contributed by atoms with van der Waals surface area (Å²) < 4.78 is 4.67. The number of carboxylic acid groups (broad SMARTS) is 1. The van der Waals surface area contributed by atoms with Crippen molar-refractivity contribution in [3.63, 3.8) is 0 Å². The Morgan fingerprint density at radius 3 is 2.57 bits per heavy atom. The molecule has 76 valence electrons. The van der Waals surface area contributed by atoms with Crippen LogP contribution in [0.5, 0.6) is 5.75 Å². The van der Waals surface area contributed by atoms with Crippen LogP contribution in [0.2, 0.25) is 0 Å². The summed E-state index contributed by atoms with van der Waals surface area (Å²) >= 11 is 0. The fourth-order valence-electron chi connectivity index (χ4n) is 0.896. The minimum atomic E-state index is -1.20. The molecule has 0 fully saturated rings. The molecule has 3 N–H and O–H groups in total. The molecule has 1 rings (SSSR count). The van der Waals surface area contributed by atoms with Crippen molar-refractivity contribution < 1.29 is 14.6 Å². The summed E-state index contributed by atoms with van der Waals surface area (Å²) in [6.07, 6.45) is 0. The van der Waals surface area contributed by atoms with Crippen LogP contribution in [0.15, 0.2) is 9.59 Å². The minimum absolute atomic E-state index is 0.188. The van der Waals surface area contributed by atoms with Crippen LogP contribution in [0.4, 0.5) is 0 Å². The highest BCUT2D eigenvalue weighted by atomic mass is 16.5. The van der Waals surface area contributed by atoms with Crippen molar-refractivity contribution in [1.29, 1.82) is 0 Å². The number of hydrogen-bond acceptors (Lipinski definition) is 4. The zero-order chi connectivity index (χ0) is 10.7. The van der Waals surface area contributed by atoms with Gasteiger partial charge in [-0.25, -0.2) is 9.59 Å². The number of H-pyrrole nitrogens is 2. The predicted molar refractivity (Wildman–Crippen MR) is 45.6 cm³/mol. The van der Waals surface area contributed by atoms with Crippen LogP contribution in [-0.2, 0) is 4.79 Å². The molecule has 7 heteroatoms. The van der Waals surface area contributed by atoms with Gasteiger partial charge in [-0.1, -0.05) is 0 Å². The lowest BCUT2D eigenvalue weighted by atomic mass is 10.4. The van der Waals surface area contributed by atoms with Gasteiger partial charge >= 0.3 is 11.7 Å². The van der Waals surface area contributed by atoms with E-state index in [1.807, 2.05) is 4.98 Å². The first kappa shape index (κ1) is 10.0. The molecule has 0 aliphatic heterocycles. The second-order valence-electron chi connectivity index (χ2n) is 2.54.